The van der Waals surface area contributed by atoms with Crippen molar-refractivity contribution in [1.29, 1.82) is 0 Å². The van der Waals surface area contributed by atoms with Crippen LogP contribution in [0.5, 0.6) is 17.2 Å². The van der Waals surface area contributed by atoms with Gasteiger partial charge in [-0.3, -0.25) is 20.2 Å². The molecule has 0 aliphatic rings. The fourth-order valence-electron chi connectivity index (χ4n) is 0.918. The maximum atomic E-state index is 10.1. The van der Waals surface area contributed by atoms with E-state index in [-0.39, 0.29) is 11.3 Å². The van der Waals surface area contributed by atoms with Gasteiger partial charge in [-0.15, -0.1) is 0 Å². The SMILES string of the molecule is O=[N+]([O-])Cc1c(O)cc(O)cc1O.[AlH2][Cl]. The van der Waals surface area contributed by atoms with Crippen LogP contribution in [-0.4, -0.2) is 35.6 Å². The smallest absolute Gasteiger partial charge is 0.353 e. The summed E-state index contributed by atoms with van der Waals surface area (Å²) in [5, 5.41) is 37.1. The van der Waals surface area contributed by atoms with Crippen LogP contribution in [0.2, 0.25) is 0 Å². The van der Waals surface area contributed by atoms with Gasteiger partial charge in [0, 0.05) is 17.1 Å². The second-order valence-corrected chi connectivity index (χ2v) is 2.45. The van der Waals surface area contributed by atoms with Crippen LogP contribution >= 0.6 is 10.0 Å². The third-order valence-electron chi connectivity index (χ3n) is 1.47. The minimum absolute atomic E-state index is 0.206. The molecule has 0 atom stereocenters. The fourth-order valence-corrected chi connectivity index (χ4v) is 0.918. The second kappa shape index (κ2) is 6.35. The Hall–Kier alpha value is -1.16. The van der Waals surface area contributed by atoms with E-state index in [9.17, 15) is 10.1 Å². The highest BCUT2D eigenvalue weighted by molar-refractivity contribution is 6.80. The number of phenols is 3. The van der Waals surface area contributed by atoms with Gasteiger partial charge in [-0.2, -0.15) is 0 Å². The fraction of sp³-hybridized carbons (Fsp3) is 0.143. The van der Waals surface area contributed by atoms with E-state index in [0.717, 1.165) is 27.5 Å². The predicted octanol–water partition coefficient (Wildman–Crippen LogP) is 0.353. The van der Waals surface area contributed by atoms with Crippen LogP contribution in [0, 0.1) is 10.1 Å². The van der Waals surface area contributed by atoms with E-state index in [2.05, 4.69) is 0 Å². The lowest BCUT2D eigenvalue weighted by Crippen LogP contribution is -1.98. The number of nitro groups is 1. The molecule has 1 aromatic carbocycles. The van der Waals surface area contributed by atoms with Crippen molar-refractivity contribution < 1.29 is 20.2 Å². The molecule has 15 heavy (non-hydrogen) atoms. The molecule has 1 rings (SSSR count). The zero-order valence-corrected chi connectivity index (χ0v) is 10.6. The molecule has 1 aromatic rings. The number of nitrogens with zero attached hydrogens (tertiary/aromatic N) is 1. The molecule has 0 aliphatic heterocycles. The average molecular weight is 250 g/mol. The first-order chi connectivity index (χ1) is 7.00. The molecule has 8 heteroatoms. The number of hydrogen-bond donors (Lipinski definition) is 3. The van der Waals surface area contributed by atoms with Crippen molar-refractivity contribution in [3.63, 3.8) is 0 Å². The topological polar surface area (TPSA) is 104 Å². The molecule has 0 unspecified atom stereocenters. The van der Waals surface area contributed by atoms with Crippen LogP contribution in [-0.2, 0) is 6.54 Å². The molecule has 82 valence electrons. The summed E-state index contributed by atoms with van der Waals surface area (Å²) in [6.45, 7) is -0.683. The Morgan fingerprint density at radius 2 is 1.67 bits per heavy atom. The number of phenolic OH excluding ortho intramolecular Hbond substituents is 3. The number of rotatable bonds is 2. The molecule has 0 bridgehead atoms. The molecule has 0 fully saturated rings. The van der Waals surface area contributed by atoms with Gasteiger partial charge < -0.3 is 15.3 Å². The zero-order chi connectivity index (χ0) is 12.0. The highest BCUT2D eigenvalue weighted by Crippen LogP contribution is 2.31. The van der Waals surface area contributed by atoms with Crippen LogP contribution < -0.4 is 0 Å². The zero-order valence-electron chi connectivity index (χ0n) is 7.85. The highest BCUT2D eigenvalue weighted by Gasteiger charge is 2.14. The monoisotopic (exact) mass is 249 g/mol. The minimum atomic E-state index is -0.689. The summed E-state index contributed by atoms with van der Waals surface area (Å²) in [5.74, 6) is -1.33. The summed E-state index contributed by atoms with van der Waals surface area (Å²) in [6.07, 6.45) is 0. The van der Waals surface area contributed by atoms with Gasteiger partial charge in [0.25, 0.3) is 0 Å². The molecule has 0 heterocycles. The highest BCUT2D eigenvalue weighted by atomic mass is 35.6. The maximum Gasteiger partial charge on any atom is 0.353 e. The molecular formula is C7H9AlClNO5. The van der Waals surface area contributed by atoms with E-state index in [1.165, 1.54) is 0 Å². The van der Waals surface area contributed by atoms with Gasteiger partial charge in [-0.05, 0) is 0 Å². The second-order valence-electron chi connectivity index (χ2n) is 2.45. The number of benzene rings is 1. The first kappa shape index (κ1) is 13.8. The Morgan fingerprint density at radius 1 is 1.27 bits per heavy atom. The van der Waals surface area contributed by atoms with Crippen LogP contribution in [0.15, 0.2) is 12.1 Å². The quantitative estimate of drug-likeness (QED) is 0.399. The first-order valence-electron chi connectivity index (χ1n) is 3.74. The number of halogens is 1. The van der Waals surface area contributed by atoms with Crippen LogP contribution in [0.1, 0.15) is 5.56 Å². The molecule has 0 saturated carbocycles. The van der Waals surface area contributed by atoms with Crippen molar-refractivity contribution in [2.75, 3.05) is 0 Å². The van der Waals surface area contributed by atoms with Crippen LogP contribution in [0.3, 0.4) is 0 Å². The van der Waals surface area contributed by atoms with Gasteiger partial charge >= 0.3 is 15.4 Å². The Bertz CT molecular complexity index is 336. The van der Waals surface area contributed by atoms with Gasteiger partial charge in [0.2, 0.25) is 6.54 Å². The van der Waals surface area contributed by atoms with Crippen LogP contribution in [0.4, 0.5) is 0 Å². The Kier molecular flexibility index (Phi) is 5.86. The molecular weight excluding hydrogens is 241 g/mol. The van der Waals surface area contributed by atoms with E-state index in [1.54, 1.807) is 0 Å². The maximum absolute atomic E-state index is 10.1. The summed E-state index contributed by atoms with van der Waals surface area (Å²) >= 11 is 0.778. The standard InChI is InChI=1S/C7H7NO5.Al.ClH.2H/c9-4-1-6(10)5(3-8(12)13)7(11)2-4;;;;/h1-2,9-11H,3H2;;1H;;/q;+1;;;/p-1. The number of hydrogen-bond acceptors (Lipinski definition) is 5. The summed E-state index contributed by atoms with van der Waals surface area (Å²) in [5.41, 5.74) is -0.206. The lowest BCUT2D eigenvalue weighted by molar-refractivity contribution is -0.497. The first-order valence-corrected chi connectivity index (χ1v) is 6.76. The van der Waals surface area contributed by atoms with Crippen molar-refractivity contribution in [2.45, 2.75) is 6.54 Å². The van der Waals surface area contributed by atoms with E-state index in [0.29, 0.717) is 0 Å². The van der Waals surface area contributed by atoms with Crippen molar-refractivity contribution in [1.82, 2.24) is 0 Å². The lowest BCUT2D eigenvalue weighted by Gasteiger charge is -2.03. The van der Waals surface area contributed by atoms with E-state index in [4.69, 9.17) is 25.4 Å². The van der Waals surface area contributed by atoms with Gasteiger partial charge in [0.05, 0.1) is 0 Å². The van der Waals surface area contributed by atoms with Gasteiger partial charge in [-0.1, -0.05) is 0 Å². The summed E-state index contributed by atoms with van der Waals surface area (Å²) in [6, 6.07) is 1.86. The summed E-state index contributed by atoms with van der Waals surface area (Å²) < 4.78 is 0. The molecule has 3 N–H and O–H groups in total. The molecule has 0 radical (unpaired) electrons. The Balaban J connectivity index is 0.000000921. The van der Waals surface area contributed by atoms with E-state index in [1.807, 2.05) is 0 Å². The van der Waals surface area contributed by atoms with Crippen molar-refractivity contribution in [3.8, 4) is 17.2 Å². The normalized spacial score (nSPS) is 8.87. The Morgan fingerprint density at radius 3 is 2.00 bits per heavy atom. The molecule has 0 aliphatic carbocycles. The molecule has 0 spiro atoms. The summed E-state index contributed by atoms with van der Waals surface area (Å²) in [7, 11) is 4.78. The van der Waals surface area contributed by atoms with E-state index >= 15 is 0 Å². The third kappa shape index (κ3) is 4.25. The number of aromatic hydroxyl groups is 3. The van der Waals surface area contributed by atoms with Crippen molar-refractivity contribution >= 4 is 25.4 Å². The van der Waals surface area contributed by atoms with Crippen LogP contribution in [0.25, 0.3) is 0 Å². The lowest BCUT2D eigenvalue weighted by atomic mass is 10.1. The predicted molar refractivity (Wildman–Crippen MR) is 56.5 cm³/mol. The van der Waals surface area contributed by atoms with Gasteiger partial charge in [-0.25, -0.2) is 0 Å². The molecule has 0 saturated heterocycles. The van der Waals surface area contributed by atoms with E-state index < -0.39 is 23.0 Å². The van der Waals surface area contributed by atoms with Gasteiger partial charge in [0.1, 0.15) is 22.8 Å². The van der Waals surface area contributed by atoms with Crippen molar-refractivity contribution in [2.24, 2.45) is 0 Å². The summed E-state index contributed by atoms with van der Waals surface area (Å²) in [4.78, 5) is 9.39. The average Bonchev–Trinajstić information content (AvgIpc) is 2.14. The van der Waals surface area contributed by atoms with Gasteiger partial charge in [0.15, 0.2) is 0 Å². The third-order valence-corrected chi connectivity index (χ3v) is 1.47. The minimum Gasteiger partial charge on any atom is -0.508 e. The van der Waals surface area contributed by atoms with Crippen molar-refractivity contribution in [3.05, 3.63) is 27.8 Å². The Labute approximate surface area is 97.5 Å². The largest absolute Gasteiger partial charge is 0.508 e. The molecule has 0 aromatic heterocycles. The molecule has 0 amide bonds. The molecule has 6 nitrogen and oxygen atoms in total.